The van der Waals surface area contributed by atoms with Crippen molar-refractivity contribution in [2.75, 3.05) is 20.3 Å². The molecular weight excluding hydrogens is 370 g/mol. The third-order valence-electron chi connectivity index (χ3n) is 4.97. The van der Waals surface area contributed by atoms with E-state index in [9.17, 15) is 9.59 Å². The highest BCUT2D eigenvalue weighted by atomic mass is 16.6. The topological polar surface area (TPSA) is 66.8 Å². The van der Waals surface area contributed by atoms with Gasteiger partial charge < -0.3 is 18.8 Å². The molecule has 0 aliphatic rings. The van der Waals surface area contributed by atoms with E-state index in [1.807, 2.05) is 36.4 Å². The summed E-state index contributed by atoms with van der Waals surface area (Å²) in [4.78, 5) is 23.4. The van der Waals surface area contributed by atoms with Gasteiger partial charge in [0.1, 0.15) is 5.75 Å². The highest BCUT2D eigenvalue weighted by Gasteiger charge is 2.15. The lowest BCUT2D eigenvalue weighted by Gasteiger charge is -2.11. The Morgan fingerprint density at radius 3 is 2.59 bits per heavy atom. The molecule has 0 bridgehead atoms. The molecule has 0 saturated heterocycles. The molecule has 0 spiro atoms. The quantitative estimate of drug-likeness (QED) is 0.565. The Morgan fingerprint density at radius 1 is 1.07 bits per heavy atom. The Kier molecular flexibility index (Phi) is 6.22. The minimum atomic E-state index is -0.421. The molecule has 3 rings (SSSR count). The summed E-state index contributed by atoms with van der Waals surface area (Å²) in [6, 6.07) is 13.3. The van der Waals surface area contributed by atoms with Gasteiger partial charge in [-0.15, -0.1) is 0 Å². The maximum atomic E-state index is 12.1. The second-order valence-electron chi connectivity index (χ2n) is 6.76. The highest BCUT2D eigenvalue weighted by Crippen LogP contribution is 2.28. The van der Waals surface area contributed by atoms with Gasteiger partial charge in [0.15, 0.2) is 6.61 Å². The first-order valence-corrected chi connectivity index (χ1v) is 9.49. The Morgan fingerprint density at radius 2 is 1.86 bits per heavy atom. The first-order chi connectivity index (χ1) is 13.9. The van der Waals surface area contributed by atoms with Crippen molar-refractivity contribution in [3.05, 3.63) is 64.8 Å². The molecule has 0 unspecified atom stereocenters. The zero-order valence-corrected chi connectivity index (χ0v) is 17.2. The number of benzene rings is 2. The summed E-state index contributed by atoms with van der Waals surface area (Å²) >= 11 is 0. The van der Waals surface area contributed by atoms with Gasteiger partial charge in [0.25, 0.3) is 0 Å². The van der Waals surface area contributed by atoms with Crippen LogP contribution < -0.4 is 4.74 Å². The van der Waals surface area contributed by atoms with E-state index in [0.717, 1.165) is 27.7 Å². The number of methoxy groups -OCH3 is 1. The third kappa shape index (κ3) is 4.42. The largest absolute Gasteiger partial charge is 0.482 e. The summed E-state index contributed by atoms with van der Waals surface area (Å²) in [6.45, 7) is 6.79. The lowest BCUT2D eigenvalue weighted by atomic mass is 10.1. The van der Waals surface area contributed by atoms with Crippen LogP contribution in [0.1, 0.15) is 34.1 Å². The molecule has 3 aromatic rings. The molecule has 0 N–H and O–H groups in total. The first-order valence-electron chi connectivity index (χ1n) is 9.49. The van der Waals surface area contributed by atoms with Crippen molar-refractivity contribution in [3.8, 4) is 5.75 Å². The molecule has 0 radical (unpaired) electrons. The molecule has 6 nitrogen and oxygen atoms in total. The van der Waals surface area contributed by atoms with Crippen molar-refractivity contribution in [1.29, 1.82) is 0 Å². The van der Waals surface area contributed by atoms with Gasteiger partial charge in [0.05, 0.1) is 19.3 Å². The molecule has 6 heteroatoms. The Labute approximate surface area is 170 Å². The van der Waals surface area contributed by atoms with Crippen LogP contribution in [0, 0.1) is 13.8 Å². The van der Waals surface area contributed by atoms with Crippen LogP contribution in [0.5, 0.6) is 5.75 Å². The number of hydrogen-bond donors (Lipinski definition) is 0. The molecule has 1 heterocycles. The number of carbonyl (C=O) groups excluding carboxylic acids is 2. The molecule has 0 aliphatic heterocycles. The van der Waals surface area contributed by atoms with E-state index in [2.05, 4.69) is 23.2 Å². The number of esters is 2. The standard InChI is InChI=1S/C23H25NO5/c1-5-28-23(26)18-9-10-21-20(12-18)15(2)16(3)24(21)13-17-7-6-8-19(11-17)29-14-22(25)27-4/h6-12H,5,13-14H2,1-4H3. The Hall–Kier alpha value is -3.28. The average molecular weight is 395 g/mol. The van der Waals surface area contributed by atoms with E-state index >= 15 is 0 Å². The minimum absolute atomic E-state index is 0.124. The van der Waals surface area contributed by atoms with Crippen LogP contribution in [-0.2, 0) is 20.8 Å². The summed E-state index contributed by atoms with van der Waals surface area (Å²) in [5.41, 5.74) is 4.90. The molecule has 0 amide bonds. The van der Waals surface area contributed by atoms with Crippen LogP contribution >= 0.6 is 0 Å². The van der Waals surface area contributed by atoms with Gasteiger partial charge in [0.2, 0.25) is 0 Å². The molecule has 0 saturated carbocycles. The molecule has 0 atom stereocenters. The van der Waals surface area contributed by atoms with Crippen molar-refractivity contribution < 1.29 is 23.8 Å². The van der Waals surface area contributed by atoms with Crippen molar-refractivity contribution in [3.63, 3.8) is 0 Å². The molecule has 29 heavy (non-hydrogen) atoms. The van der Waals surface area contributed by atoms with E-state index in [1.165, 1.54) is 7.11 Å². The zero-order valence-electron chi connectivity index (χ0n) is 17.2. The molecule has 152 valence electrons. The number of rotatable bonds is 7. The van der Waals surface area contributed by atoms with Crippen molar-refractivity contribution in [2.24, 2.45) is 0 Å². The molecular formula is C23H25NO5. The fraction of sp³-hybridized carbons (Fsp3) is 0.304. The fourth-order valence-electron chi connectivity index (χ4n) is 3.31. The number of carbonyl (C=O) groups is 2. The maximum absolute atomic E-state index is 12.1. The first kappa shape index (κ1) is 20.5. The Bertz CT molecular complexity index is 1050. The summed E-state index contributed by atoms with van der Waals surface area (Å²) in [7, 11) is 1.33. The lowest BCUT2D eigenvalue weighted by Crippen LogP contribution is -2.12. The third-order valence-corrected chi connectivity index (χ3v) is 4.97. The smallest absolute Gasteiger partial charge is 0.343 e. The van der Waals surface area contributed by atoms with Crippen molar-refractivity contribution in [2.45, 2.75) is 27.3 Å². The van der Waals surface area contributed by atoms with E-state index < -0.39 is 5.97 Å². The number of fused-ring (bicyclic) bond motifs is 1. The predicted molar refractivity (Wildman–Crippen MR) is 110 cm³/mol. The molecule has 2 aromatic carbocycles. The minimum Gasteiger partial charge on any atom is -0.482 e. The van der Waals surface area contributed by atoms with Crippen LogP contribution in [-0.4, -0.2) is 36.8 Å². The zero-order chi connectivity index (χ0) is 21.0. The van der Waals surface area contributed by atoms with Gasteiger partial charge in [-0.25, -0.2) is 9.59 Å². The van der Waals surface area contributed by atoms with E-state index in [0.29, 0.717) is 24.5 Å². The van der Waals surface area contributed by atoms with Crippen LogP contribution in [0.3, 0.4) is 0 Å². The van der Waals surface area contributed by atoms with Crippen LogP contribution in [0.4, 0.5) is 0 Å². The van der Waals surface area contributed by atoms with Gasteiger partial charge in [-0.2, -0.15) is 0 Å². The monoisotopic (exact) mass is 395 g/mol. The summed E-state index contributed by atoms with van der Waals surface area (Å²) in [5.74, 6) is -0.117. The number of nitrogens with zero attached hydrogens (tertiary/aromatic N) is 1. The second-order valence-corrected chi connectivity index (χ2v) is 6.76. The van der Waals surface area contributed by atoms with Gasteiger partial charge >= 0.3 is 11.9 Å². The number of aryl methyl sites for hydroxylation is 1. The summed E-state index contributed by atoms with van der Waals surface area (Å²) < 4.78 is 17.4. The van der Waals surface area contributed by atoms with E-state index in [1.54, 1.807) is 13.0 Å². The summed E-state index contributed by atoms with van der Waals surface area (Å²) in [5, 5.41) is 1.03. The predicted octanol–water partition coefficient (Wildman–Crippen LogP) is 4.03. The van der Waals surface area contributed by atoms with Crippen LogP contribution in [0.25, 0.3) is 10.9 Å². The normalized spacial score (nSPS) is 10.8. The molecule has 1 aromatic heterocycles. The van der Waals surface area contributed by atoms with Crippen molar-refractivity contribution >= 4 is 22.8 Å². The Balaban J connectivity index is 1.89. The van der Waals surface area contributed by atoms with Gasteiger partial charge in [-0.3, -0.25) is 0 Å². The maximum Gasteiger partial charge on any atom is 0.343 e. The van der Waals surface area contributed by atoms with Crippen LogP contribution in [0.2, 0.25) is 0 Å². The summed E-state index contributed by atoms with van der Waals surface area (Å²) in [6.07, 6.45) is 0. The lowest BCUT2D eigenvalue weighted by molar-refractivity contribution is -0.142. The number of aromatic nitrogens is 1. The van der Waals surface area contributed by atoms with Crippen molar-refractivity contribution in [1.82, 2.24) is 4.57 Å². The fourth-order valence-corrected chi connectivity index (χ4v) is 3.31. The van der Waals surface area contributed by atoms with Crippen LogP contribution in [0.15, 0.2) is 42.5 Å². The van der Waals surface area contributed by atoms with E-state index in [-0.39, 0.29) is 12.6 Å². The molecule has 0 aliphatic carbocycles. The molecule has 0 fully saturated rings. The number of hydrogen-bond acceptors (Lipinski definition) is 5. The highest BCUT2D eigenvalue weighted by molar-refractivity contribution is 5.96. The van der Waals surface area contributed by atoms with E-state index in [4.69, 9.17) is 9.47 Å². The SMILES string of the molecule is CCOC(=O)c1ccc2c(c1)c(C)c(C)n2Cc1cccc(OCC(=O)OC)c1. The van der Waals surface area contributed by atoms with Gasteiger partial charge in [-0.05, 0) is 62.2 Å². The average Bonchev–Trinajstić information content (AvgIpc) is 2.97. The second kappa shape index (κ2) is 8.82. The van der Waals surface area contributed by atoms with Gasteiger partial charge in [-0.1, -0.05) is 12.1 Å². The number of ether oxygens (including phenoxy) is 3. The van der Waals surface area contributed by atoms with Gasteiger partial charge in [0, 0.05) is 23.1 Å².